The minimum Gasteiger partial charge on any atom is -0.337 e. The van der Waals surface area contributed by atoms with Crippen LogP contribution < -0.4 is 5.32 Å². The highest BCUT2D eigenvalue weighted by atomic mass is 16.2. The fourth-order valence-corrected chi connectivity index (χ4v) is 1.95. The van der Waals surface area contributed by atoms with Crippen molar-refractivity contribution in [3.8, 4) is 0 Å². The van der Waals surface area contributed by atoms with Gasteiger partial charge in [-0.25, -0.2) is 0 Å². The van der Waals surface area contributed by atoms with Crippen LogP contribution in [0.25, 0.3) is 0 Å². The molecule has 5 heteroatoms. The summed E-state index contributed by atoms with van der Waals surface area (Å²) in [5.74, 6) is 0.0172. The second-order valence-corrected chi connectivity index (χ2v) is 4.05. The van der Waals surface area contributed by atoms with Gasteiger partial charge in [-0.2, -0.15) is 10.2 Å². The third-order valence-corrected chi connectivity index (χ3v) is 2.97. The van der Waals surface area contributed by atoms with Crippen molar-refractivity contribution in [3.05, 3.63) is 24.0 Å². The van der Waals surface area contributed by atoms with Gasteiger partial charge in [0.15, 0.2) is 0 Å². The average molecular weight is 220 g/mol. The van der Waals surface area contributed by atoms with E-state index in [0.29, 0.717) is 5.56 Å². The lowest BCUT2D eigenvalue weighted by molar-refractivity contribution is 0.0707. The predicted molar refractivity (Wildman–Crippen MR) is 60.0 cm³/mol. The molecular weight excluding hydrogens is 204 g/mol. The third kappa shape index (κ3) is 2.36. The highest BCUT2D eigenvalue weighted by Gasteiger charge is 2.22. The number of nitrogens with zero attached hydrogens (tertiary/aromatic N) is 3. The fraction of sp³-hybridized carbons (Fsp3) is 0.545. The Balaban J connectivity index is 2.04. The summed E-state index contributed by atoms with van der Waals surface area (Å²) in [6.07, 6.45) is 5.24. The Morgan fingerprint density at radius 1 is 1.56 bits per heavy atom. The van der Waals surface area contributed by atoms with Crippen molar-refractivity contribution < 1.29 is 4.79 Å². The number of carbonyl (C=O) groups excluding carboxylic acids is 1. The van der Waals surface area contributed by atoms with Crippen LogP contribution in [-0.2, 0) is 0 Å². The maximum absolute atomic E-state index is 12.1. The van der Waals surface area contributed by atoms with Crippen LogP contribution in [0.3, 0.4) is 0 Å². The SMILES string of the molecule is CN(C(=O)c1ccnnc1)C1CCCNC1. The summed E-state index contributed by atoms with van der Waals surface area (Å²) in [7, 11) is 1.85. The molecule has 16 heavy (non-hydrogen) atoms. The van der Waals surface area contributed by atoms with E-state index < -0.39 is 0 Å². The van der Waals surface area contributed by atoms with Gasteiger partial charge in [0.25, 0.3) is 5.91 Å². The monoisotopic (exact) mass is 220 g/mol. The van der Waals surface area contributed by atoms with Gasteiger partial charge in [-0.3, -0.25) is 4.79 Å². The van der Waals surface area contributed by atoms with E-state index in [0.717, 1.165) is 25.9 Å². The molecule has 1 aliphatic heterocycles. The van der Waals surface area contributed by atoms with Crippen LogP contribution in [0.5, 0.6) is 0 Å². The first-order chi connectivity index (χ1) is 7.79. The Morgan fingerprint density at radius 3 is 3.06 bits per heavy atom. The lowest BCUT2D eigenvalue weighted by Gasteiger charge is -2.31. The quantitative estimate of drug-likeness (QED) is 0.779. The molecule has 0 saturated carbocycles. The van der Waals surface area contributed by atoms with Crippen molar-refractivity contribution in [2.45, 2.75) is 18.9 Å². The predicted octanol–water partition coefficient (Wildman–Crippen LogP) is 0.301. The summed E-state index contributed by atoms with van der Waals surface area (Å²) in [5.41, 5.74) is 0.600. The smallest absolute Gasteiger partial charge is 0.255 e. The molecule has 1 aromatic heterocycles. The van der Waals surface area contributed by atoms with Crippen LogP contribution in [0.1, 0.15) is 23.2 Å². The van der Waals surface area contributed by atoms with Crippen molar-refractivity contribution in [2.75, 3.05) is 20.1 Å². The van der Waals surface area contributed by atoms with Crippen LogP contribution in [-0.4, -0.2) is 47.2 Å². The molecule has 0 aliphatic carbocycles. The maximum atomic E-state index is 12.1. The second-order valence-electron chi connectivity index (χ2n) is 4.05. The molecule has 0 aromatic carbocycles. The number of carbonyl (C=O) groups is 1. The zero-order valence-corrected chi connectivity index (χ0v) is 9.39. The summed E-state index contributed by atoms with van der Waals surface area (Å²) in [4.78, 5) is 13.9. The van der Waals surface area contributed by atoms with Crippen LogP contribution in [0.15, 0.2) is 18.5 Å². The van der Waals surface area contributed by atoms with E-state index >= 15 is 0 Å². The zero-order valence-electron chi connectivity index (χ0n) is 9.39. The number of piperidine rings is 1. The highest BCUT2D eigenvalue weighted by Crippen LogP contribution is 2.11. The maximum Gasteiger partial charge on any atom is 0.255 e. The molecule has 0 bridgehead atoms. The molecule has 1 amide bonds. The minimum absolute atomic E-state index is 0.0172. The van der Waals surface area contributed by atoms with Crippen molar-refractivity contribution in [1.82, 2.24) is 20.4 Å². The number of likely N-dealkylation sites (N-methyl/N-ethyl adjacent to an activating group) is 1. The molecule has 1 atom stereocenters. The Bertz CT molecular complexity index is 348. The molecule has 2 rings (SSSR count). The molecule has 1 unspecified atom stereocenters. The molecule has 86 valence electrons. The van der Waals surface area contributed by atoms with Crippen LogP contribution in [0, 0.1) is 0 Å². The van der Waals surface area contributed by atoms with E-state index in [2.05, 4.69) is 15.5 Å². The van der Waals surface area contributed by atoms with Crippen molar-refractivity contribution >= 4 is 5.91 Å². The number of rotatable bonds is 2. The average Bonchev–Trinajstić information content (AvgIpc) is 2.39. The first-order valence-electron chi connectivity index (χ1n) is 5.53. The van der Waals surface area contributed by atoms with Gasteiger partial charge in [0.1, 0.15) is 0 Å². The summed E-state index contributed by atoms with van der Waals surface area (Å²) >= 11 is 0. The van der Waals surface area contributed by atoms with Gasteiger partial charge in [0.2, 0.25) is 0 Å². The largest absolute Gasteiger partial charge is 0.337 e. The van der Waals surface area contributed by atoms with Gasteiger partial charge in [-0.15, -0.1) is 0 Å². The fourth-order valence-electron chi connectivity index (χ4n) is 1.95. The molecule has 1 aliphatic rings. The van der Waals surface area contributed by atoms with Gasteiger partial charge >= 0.3 is 0 Å². The summed E-state index contributed by atoms with van der Waals surface area (Å²) < 4.78 is 0. The normalized spacial score (nSPS) is 20.4. The number of aromatic nitrogens is 2. The summed E-state index contributed by atoms with van der Waals surface area (Å²) in [6.45, 7) is 1.93. The topological polar surface area (TPSA) is 58.1 Å². The highest BCUT2D eigenvalue weighted by molar-refractivity contribution is 5.93. The first-order valence-corrected chi connectivity index (χ1v) is 5.53. The van der Waals surface area contributed by atoms with E-state index in [9.17, 15) is 4.79 Å². The van der Waals surface area contributed by atoms with E-state index in [-0.39, 0.29) is 11.9 Å². The molecule has 0 radical (unpaired) electrons. The van der Waals surface area contributed by atoms with Crippen LogP contribution in [0.4, 0.5) is 0 Å². The lowest BCUT2D eigenvalue weighted by atomic mass is 10.1. The van der Waals surface area contributed by atoms with Gasteiger partial charge in [-0.05, 0) is 25.5 Å². The molecule has 0 spiro atoms. The number of nitrogens with one attached hydrogen (secondary N) is 1. The summed E-state index contributed by atoms with van der Waals surface area (Å²) in [6, 6.07) is 1.98. The molecule has 1 fully saturated rings. The molecule has 2 heterocycles. The van der Waals surface area contributed by atoms with Crippen molar-refractivity contribution in [2.24, 2.45) is 0 Å². The number of hydrogen-bond acceptors (Lipinski definition) is 4. The van der Waals surface area contributed by atoms with E-state index in [1.54, 1.807) is 17.2 Å². The van der Waals surface area contributed by atoms with E-state index in [1.807, 2.05) is 7.05 Å². The van der Waals surface area contributed by atoms with Gasteiger partial charge in [0, 0.05) is 19.6 Å². The third-order valence-electron chi connectivity index (χ3n) is 2.97. The Hall–Kier alpha value is -1.49. The van der Waals surface area contributed by atoms with Gasteiger partial charge in [-0.1, -0.05) is 0 Å². The van der Waals surface area contributed by atoms with Crippen LogP contribution in [0.2, 0.25) is 0 Å². The first kappa shape index (κ1) is 11.0. The molecule has 1 aromatic rings. The van der Waals surface area contributed by atoms with Gasteiger partial charge < -0.3 is 10.2 Å². The Kier molecular flexibility index (Phi) is 3.46. The van der Waals surface area contributed by atoms with Crippen LogP contribution >= 0.6 is 0 Å². The molecule has 1 N–H and O–H groups in total. The van der Waals surface area contributed by atoms with Crippen molar-refractivity contribution in [3.63, 3.8) is 0 Å². The molecule has 1 saturated heterocycles. The molecular formula is C11H16N4O. The van der Waals surface area contributed by atoms with Crippen molar-refractivity contribution in [1.29, 1.82) is 0 Å². The summed E-state index contributed by atoms with van der Waals surface area (Å²) in [5, 5.41) is 10.7. The minimum atomic E-state index is 0.0172. The Morgan fingerprint density at radius 2 is 2.44 bits per heavy atom. The number of amides is 1. The molecule has 5 nitrogen and oxygen atoms in total. The standard InChI is InChI=1S/C11H16N4O/c1-15(10-3-2-5-12-8-10)11(16)9-4-6-13-14-7-9/h4,6-7,10,12H,2-3,5,8H2,1H3. The Labute approximate surface area is 94.9 Å². The lowest BCUT2D eigenvalue weighted by Crippen LogP contribution is -2.46. The zero-order chi connectivity index (χ0) is 11.4. The second kappa shape index (κ2) is 5.03. The number of hydrogen-bond donors (Lipinski definition) is 1. The van der Waals surface area contributed by atoms with E-state index in [4.69, 9.17) is 0 Å². The van der Waals surface area contributed by atoms with E-state index in [1.165, 1.54) is 6.20 Å². The van der Waals surface area contributed by atoms with Gasteiger partial charge in [0.05, 0.1) is 18.0 Å².